The van der Waals surface area contributed by atoms with Crippen LogP contribution in [0.5, 0.6) is 0 Å². The molecule has 6 heteroatoms. The summed E-state index contributed by atoms with van der Waals surface area (Å²) in [5.41, 5.74) is 0.393. The molecule has 0 aromatic heterocycles. The molecule has 0 atom stereocenters. The first-order chi connectivity index (χ1) is 8.43. The minimum absolute atomic E-state index is 0.0820. The molecule has 0 unspecified atom stereocenters. The van der Waals surface area contributed by atoms with Crippen molar-refractivity contribution in [2.24, 2.45) is 0 Å². The van der Waals surface area contributed by atoms with E-state index in [-0.39, 0.29) is 18.0 Å². The Hall–Kier alpha value is -1.59. The molecule has 0 bridgehead atoms. The number of nitrogens with one attached hydrogen (secondary N) is 1. The van der Waals surface area contributed by atoms with Crippen molar-refractivity contribution >= 4 is 29.2 Å². The monoisotopic (exact) mass is 270 g/mol. The Labute approximate surface area is 110 Å². The smallest absolute Gasteiger partial charge is 0.335 e. The number of amides is 1. The molecule has 0 fully saturated rings. The maximum absolute atomic E-state index is 11.7. The van der Waals surface area contributed by atoms with E-state index in [4.69, 9.17) is 16.7 Å². The second-order valence-corrected chi connectivity index (χ2v) is 4.29. The molecule has 0 spiro atoms. The number of nitrogens with zero attached hydrogens (tertiary/aromatic N) is 1. The Morgan fingerprint density at radius 2 is 2.11 bits per heavy atom. The molecule has 0 heterocycles. The summed E-state index contributed by atoms with van der Waals surface area (Å²) >= 11 is 5.89. The molecule has 5 nitrogen and oxygen atoms in total. The van der Waals surface area contributed by atoms with Crippen LogP contribution in [0.1, 0.15) is 17.3 Å². The number of rotatable bonds is 5. The average molecular weight is 271 g/mol. The highest BCUT2D eigenvalue weighted by molar-refractivity contribution is 6.33. The molecule has 1 amide bonds. The minimum Gasteiger partial charge on any atom is -0.478 e. The van der Waals surface area contributed by atoms with Gasteiger partial charge in [-0.3, -0.25) is 9.69 Å². The molecule has 0 aliphatic heterocycles. The van der Waals surface area contributed by atoms with Crippen LogP contribution < -0.4 is 5.32 Å². The lowest BCUT2D eigenvalue weighted by Crippen LogP contribution is -2.30. The molecule has 18 heavy (non-hydrogen) atoms. The topological polar surface area (TPSA) is 69.6 Å². The van der Waals surface area contributed by atoms with E-state index in [1.807, 2.05) is 18.9 Å². The van der Waals surface area contributed by atoms with Crippen molar-refractivity contribution in [1.29, 1.82) is 0 Å². The van der Waals surface area contributed by atoms with Crippen molar-refractivity contribution in [2.75, 3.05) is 25.5 Å². The van der Waals surface area contributed by atoms with Crippen LogP contribution in [0.2, 0.25) is 5.02 Å². The van der Waals surface area contributed by atoms with Crippen LogP contribution in [0.25, 0.3) is 0 Å². The maximum atomic E-state index is 11.7. The summed E-state index contributed by atoms with van der Waals surface area (Å²) in [6.07, 6.45) is 0. The fraction of sp³-hybridized carbons (Fsp3) is 0.333. The first-order valence-corrected chi connectivity index (χ1v) is 5.83. The number of benzene rings is 1. The van der Waals surface area contributed by atoms with Crippen LogP contribution in [0.15, 0.2) is 18.2 Å². The lowest BCUT2D eigenvalue weighted by Gasteiger charge is -2.14. The number of carbonyl (C=O) groups excluding carboxylic acids is 1. The van der Waals surface area contributed by atoms with Gasteiger partial charge in [-0.1, -0.05) is 18.5 Å². The van der Waals surface area contributed by atoms with Crippen LogP contribution in [-0.4, -0.2) is 42.0 Å². The van der Waals surface area contributed by atoms with E-state index in [1.54, 1.807) is 0 Å². The number of hydrogen-bond donors (Lipinski definition) is 2. The van der Waals surface area contributed by atoms with Gasteiger partial charge in [-0.25, -0.2) is 4.79 Å². The van der Waals surface area contributed by atoms with Gasteiger partial charge in [-0.05, 0) is 31.8 Å². The van der Waals surface area contributed by atoms with Gasteiger partial charge in [0.15, 0.2) is 0 Å². The van der Waals surface area contributed by atoms with Gasteiger partial charge in [0.2, 0.25) is 5.91 Å². The summed E-state index contributed by atoms with van der Waals surface area (Å²) in [6.45, 7) is 2.91. The van der Waals surface area contributed by atoms with Crippen molar-refractivity contribution < 1.29 is 14.7 Å². The Balaban J connectivity index is 2.80. The van der Waals surface area contributed by atoms with E-state index >= 15 is 0 Å². The highest BCUT2D eigenvalue weighted by atomic mass is 35.5. The van der Waals surface area contributed by atoms with Gasteiger partial charge in [-0.15, -0.1) is 0 Å². The normalized spacial score (nSPS) is 10.4. The van der Waals surface area contributed by atoms with Gasteiger partial charge in [-0.2, -0.15) is 0 Å². The predicted octanol–water partition coefficient (Wildman–Crippen LogP) is 1.93. The van der Waals surface area contributed by atoms with Gasteiger partial charge in [0, 0.05) is 0 Å². The van der Waals surface area contributed by atoms with E-state index in [9.17, 15) is 9.59 Å². The largest absolute Gasteiger partial charge is 0.478 e. The Bertz CT molecular complexity index is 463. The molecule has 2 N–H and O–H groups in total. The summed E-state index contributed by atoms with van der Waals surface area (Å²) in [7, 11) is 1.81. The lowest BCUT2D eigenvalue weighted by atomic mass is 10.2. The number of halogens is 1. The number of aromatic carboxylic acids is 1. The minimum atomic E-state index is -1.06. The zero-order valence-corrected chi connectivity index (χ0v) is 11.0. The summed E-state index contributed by atoms with van der Waals surface area (Å²) < 4.78 is 0. The molecular formula is C12H15ClN2O3. The summed E-state index contributed by atoms with van der Waals surface area (Å²) in [5.74, 6) is -1.29. The van der Waals surface area contributed by atoms with E-state index in [2.05, 4.69) is 5.32 Å². The fourth-order valence-corrected chi connectivity index (χ4v) is 1.47. The number of carboxylic acids is 1. The van der Waals surface area contributed by atoms with Crippen molar-refractivity contribution in [3.63, 3.8) is 0 Å². The number of likely N-dealkylation sites (N-methyl/N-ethyl adjacent to an activating group) is 1. The number of carboxylic acid groups (broad SMARTS) is 1. The van der Waals surface area contributed by atoms with E-state index in [1.165, 1.54) is 18.2 Å². The quantitative estimate of drug-likeness (QED) is 0.858. The van der Waals surface area contributed by atoms with E-state index < -0.39 is 5.97 Å². The van der Waals surface area contributed by atoms with Crippen molar-refractivity contribution in [1.82, 2.24) is 4.90 Å². The van der Waals surface area contributed by atoms with Crippen LogP contribution in [0.3, 0.4) is 0 Å². The molecule has 0 saturated carbocycles. The van der Waals surface area contributed by atoms with Gasteiger partial charge in [0.05, 0.1) is 22.8 Å². The van der Waals surface area contributed by atoms with Crippen LogP contribution >= 0.6 is 11.6 Å². The standard InChI is InChI=1S/C12H15ClN2O3/c1-3-15(2)7-11(16)14-10-6-8(12(17)18)4-5-9(10)13/h4-6H,3,7H2,1-2H3,(H,14,16)(H,17,18). The second-order valence-electron chi connectivity index (χ2n) is 3.88. The number of anilines is 1. The Morgan fingerprint density at radius 3 is 2.67 bits per heavy atom. The maximum Gasteiger partial charge on any atom is 0.335 e. The molecule has 0 aliphatic carbocycles. The third-order valence-electron chi connectivity index (χ3n) is 2.44. The van der Waals surface area contributed by atoms with E-state index in [0.29, 0.717) is 10.7 Å². The first-order valence-electron chi connectivity index (χ1n) is 5.45. The Morgan fingerprint density at radius 1 is 1.44 bits per heavy atom. The third-order valence-corrected chi connectivity index (χ3v) is 2.77. The molecule has 1 rings (SSSR count). The van der Waals surface area contributed by atoms with Crippen LogP contribution in [-0.2, 0) is 4.79 Å². The lowest BCUT2D eigenvalue weighted by molar-refractivity contribution is -0.117. The molecular weight excluding hydrogens is 256 g/mol. The third kappa shape index (κ3) is 4.01. The van der Waals surface area contributed by atoms with Crippen LogP contribution in [0, 0.1) is 0 Å². The SMILES string of the molecule is CCN(C)CC(=O)Nc1cc(C(=O)O)ccc1Cl. The molecule has 0 aliphatic rings. The highest BCUT2D eigenvalue weighted by Crippen LogP contribution is 2.23. The molecule has 98 valence electrons. The molecule has 0 radical (unpaired) electrons. The number of hydrogen-bond acceptors (Lipinski definition) is 3. The highest BCUT2D eigenvalue weighted by Gasteiger charge is 2.11. The van der Waals surface area contributed by atoms with E-state index in [0.717, 1.165) is 6.54 Å². The van der Waals surface area contributed by atoms with Gasteiger partial charge in [0.25, 0.3) is 0 Å². The molecule has 1 aromatic rings. The average Bonchev–Trinajstić information content (AvgIpc) is 2.31. The molecule has 1 aromatic carbocycles. The fourth-order valence-electron chi connectivity index (χ4n) is 1.30. The van der Waals surface area contributed by atoms with Crippen molar-refractivity contribution in [3.05, 3.63) is 28.8 Å². The summed E-state index contributed by atoms with van der Waals surface area (Å²) in [5, 5.41) is 11.8. The van der Waals surface area contributed by atoms with Gasteiger partial charge < -0.3 is 10.4 Å². The van der Waals surface area contributed by atoms with Gasteiger partial charge in [0.1, 0.15) is 0 Å². The first kappa shape index (κ1) is 14.5. The molecule has 0 saturated heterocycles. The summed E-state index contributed by atoms with van der Waals surface area (Å²) in [4.78, 5) is 24.3. The summed E-state index contributed by atoms with van der Waals surface area (Å²) in [6, 6.07) is 4.18. The second kappa shape index (κ2) is 6.37. The zero-order chi connectivity index (χ0) is 13.7. The predicted molar refractivity (Wildman–Crippen MR) is 70.2 cm³/mol. The van der Waals surface area contributed by atoms with Crippen molar-refractivity contribution in [2.45, 2.75) is 6.92 Å². The zero-order valence-electron chi connectivity index (χ0n) is 10.2. The number of carbonyl (C=O) groups is 2. The Kier molecular flexibility index (Phi) is 5.12. The van der Waals surface area contributed by atoms with Crippen LogP contribution in [0.4, 0.5) is 5.69 Å². The van der Waals surface area contributed by atoms with Crippen molar-refractivity contribution in [3.8, 4) is 0 Å². The van der Waals surface area contributed by atoms with Gasteiger partial charge >= 0.3 is 5.97 Å².